The zero-order chi connectivity index (χ0) is 16.0. The van der Waals surface area contributed by atoms with Crippen LogP contribution in [-0.2, 0) is 4.79 Å². The number of nitrogens with one attached hydrogen (secondary N) is 1. The highest BCUT2D eigenvalue weighted by Gasteiger charge is 2.21. The summed E-state index contributed by atoms with van der Waals surface area (Å²) in [5, 5.41) is 2.45. The van der Waals surface area contributed by atoms with E-state index in [-0.39, 0.29) is 23.6 Å². The van der Waals surface area contributed by atoms with Gasteiger partial charge in [-0.15, -0.1) is 0 Å². The molecule has 1 aromatic carbocycles. The van der Waals surface area contributed by atoms with Crippen molar-refractivity contribution in [1.29, 1.82) is 0 Å². The smallest absolute Gasteiger partial charge is 0.238 e. The molecule has 0 saturated carbocycles. The lowest BCUT2D eigenvalue weighted by atomic mass is 9.93. The molecule has 0 bridgehead atoms. The summed E-state index contributed by atoms with van der Waals surface area (Å²) in [4.78, 5) is 13.9. The number of benzene rings is 1. The van der Waals surface area contributed by atoms with Gasteiger partial charge in [-0.3, -0.25) is 9.69 Å². The lowest BCUT2D eigenvalue weighted by Crippen LogP contribution is -2.42. The molecule has 118 valence electrons. The van der Waals surface area contributed by atoms with Gasteiger partial charge in [-0.25, -0.2) is 8.78 Å². The molecule has 0 radical (unpaired) electrons. The van der Waals surface area contributed by atoms with Crippen LogP contribution in [0, 0.1) is 17.0 Å². The van der Waals surface area contributed by atoms with Crippen molar-refractivity contribution in [3.8, 4) is 0 Å². The summed E-state index contributed by atoms with van der Waals surface area (Å²) in [7, 11) is 0. The molecule has 0 aromatic heterocycles. The third kappa shape index (κ3) is 5.77. The summed E-state index contributed by atoms with van der Waals surface area (Å²) in [6, 6.07) is 3.06. The fourth-order valence-electron chi connectivity index (χ4n) is 1.93. The van der Waals surface area contributed by atoms with Crippen molar-refractivity contribution < 1.29 is 13.6 Å². The number of hydrogen-bond acceptors (Lipinski definition) is 3. The molecular formula is C15H23F2N3O. The first-order chi connectivity index (χ1) is 9.77. The van der Waals surface area contributed by atoms with Crippen molar-refractivity contribution in [2.24, 2.45) is 11.1 Å². The summed E-state index contributed by atoms with van der Waals surface area (Å²) in [6.07, 6.45) is 0. The van der Waals surface area contributed by atoms with E-state index in [2.05, 4.69) is 5.32 Å². The van der Waals surface area contributed by atoms with Crippen molar-refractivity contribution in [3.05, 3.63) is 29.8 Å². The molecule has 0 aliphatic rings. The first-order valence-electron chi connectivity index (χ1n) is 6.94. The number of hydrogen-bond donors (Lipinski definition) is 2. The number of carbonyl (C=O) groups excluding carboxylic acids is 1. The van der Waals surface area contributed by atoms with Gasteiger partial charge in [0.2, 0.25) is 5.91 Å². The topological polar surface area (TPSA) is 58.4 Å². The van der Waals surface area contributed by atoms with E-state index in [4.69, 9.17) is 5.73 Å². The largest absolute Gasteiger partial charge is 0.330 e. The lowest BCUT2D eigenvalue weighted by molar-refractivity contribution is -0.117. The Morgan fingerprint density at radius 2 is 2.05 bits per heavy atom. The molecule has 4 nitrogen and oxygen atoms in total. The summed E-state index contributed by atoms with van der Waals surface area (Å²) in [6.45, 7) is 7.98. The van der Waals surface area contributed by atoms with E-state index < -0.39 is 11.6 Å². The maximum absolute atomic E-state index is 13.5. The minimum absolute atomic E-state index is 0.0180. The number of anilines is 1. The van der Waals surface area contributed by atoms with Crippen molar-refractivity contribution in [3.63, 3.8) is 0 Å². The maximum Gasteiger partial charge on any atom is 0.238 e. The number of nitrogens with zero attached hydrogens (tertiary/aromatic N) is 1. The van der Waals surface area contributed by atoms with Gasteiger partial charge in [0, 0.05) is 12.6 Å². The van der Waals surface area contributed by atoms with Gasteiger partial charge in [0.15, 0.2) is 0 Å². The summed E-state index contributed by atoms with van der Waals surface area (Å²) in [5.74, 6) is -1.80. The van der Waals surface area contributed by atoms with Crippen LogP contribution in [0.2, 0.25) is 0 Å². The van der Waals surface area contributed by atoms with E-state index in [0.717, 1.165) is 12.1 Å². The zero-order valence-corrected chi connectivity index (χ0v) is 12.7. The predicted molar refractivity (Wildman–Crippen MR) is 79.9 cm³/mol. The molecule has 0 aliphatic heterocycles. The Balaban J connectivity index is 2.63. The van der Waals surface area contributed by atoms with Gasteiger partial charge < -0.3 is 11.1 Å². The minimum Gasteiger partial charge on any atom is -0.330 e. The Bertz CT molecular complexity index is 492. The predicted octanol–water partition coefficient (Wildman–Crippen LogP) is 2.21. The quantitative estimate of drug-likeness (QED) is 0.811. The number of rotatable bonds is 7. The molecule has 0 atom stereocenters. The van der Waals surface area contributed by atoms with E-state index in [1.54, 1.807) is 0 Å². The Morgan fingerprint density at radius 3 is 2.57 bits per heavy atom. The fraction of sp³-hybridized carbons (Fsp3) is 0.533. The number of halogens is 2. The van der Waals surface area contributed by atoms with Crippen LogP contribution in [0.25, 0.3) is 0 Å². The van der Waals surface area contributed by atoms with E-state index in [0.29, 0.717) is 19.6 Å². The van der Waals surface area contributed by atoms with Crippen LogP contribution in [0.15, 0.2) is 18.2 Å². The van der Waals surface area contributed by atoms with Crippen LogP contribution in [0.1, 0.15) is 20.8 Å². The van der Waals surface area contributed by atoms with E-state index in [1.165, 1.54) is 6.07 Å². The first kappa shape index (κ1) is 17.5. The number of carbonyl (C=O) groups is 1. The van der Waals surface area contributed by atoms with Crippen LogP contribution < -0.4 is 11.1 Å². The Labute approximate surface area is 124 Å². The number of likely N-dealkylation sites (N-methyl/N-ethyl adjacent to an activating group) is 1. The summed E-state index contributed by atoms with van der Waals surface area (Å²) in [5.41, 5.74) is 5.57. The summed E-state index contributed by atoms with van der Waals surface area (Å²) < 4.78 is 26.3. The normalized spacial score (nSPS) is 11.8. The van der Waals surface area contributed by atoms with Gasteiger partial charge in [0.25, 0.3) is 0 Å². The Hall–Kier alpha value is -1.53. The Kier molecular flexibility index (Phi) is 6.23. The second-order valence-electron chi connectivity index (χ2n) is 5.84. The van der Waals surface area contributed by atoms with Crippen molar-refractivity contribution in [1.82, 2.24) is 4.90 Å². The molecule has 0 fully saturated rings. The summed E-state index contributed by atoms with van der Waals surface area (Å²) >= 11 is 0. The average molecular weight is 299 g/mol. The van der Waals surface area contributed by atoms with Gasteiger partial charge in [0.05, 0.1) is 12.2 Å². The van der Waals surface area contributed by atoms with E-state index >= 15 is 0 Å². The Morgan fingerprint density at radius 1 is 1.38 bits per heavy atom. The maximum atomic E-state index is 13.5. The van der Waals surface area contributed by atoms with E-state index in [1.807, 2.05) is 25.7 Å². The second-order valence-corrected chi connectivity index (χ2v) is 5.84. The van der Waals surface area contributed by atoms with Gasteiger partial charge in [-0.2, -0.15) is 0 Å². The van der Waals surface area contributed by atoms with Crippen LogP contribution in [0.3, 0.4) is 0 Å². The molecule has 1 aromatic rings. The first-order valence-corrected chi connectivity index (χ1v) is 6.94. The van der Waals surface area contributed by atoms with Crippen molar-refractivity contribution >= 4 is 11.6 Å². The van der Waals surface area contributed by atoms with Gasteiger partial charge >= 0.3 is 0 Å². The number of nitrogens with two attached hydrogens (primary N) is 1. The fourth-order valence-corrected chi connectivity index (χ4v) is 1.93. The molecule has 3 N–H and O–H groups in total. The zero-order valence-electron chi connectivity index (χ0n) is 12.7. The van der Waals surface area contributed by atoms with Gasteiger partial charge in [0.1, 0.15) is 11.6 Å². The molecule has 0 unspecified atom stereocenters. The van der Waals surface area contributed by atoms with Crippen molar-refractivity contribution in [2.75, 3.05) is 31.5 Å². The molecule has 0 saturated heterocycles. The standard InChI is InChI=1S/C15H23F2N3O/c1-4-20(10-15(2,3)9-18)8-14(21)19-13-6-5-11(16)7-12(13)17/h5-7H,4,8-10,18H2,1-3H3,(H,19,21). The molecule has 1 amide bonds. The van der Waals surface area contributed by atoms with Gasteiger partial charge in [-0.05, 0) is 30.6 Å². The average Bonchev–Trinajstić information content (AvgIpc) is 2.41. The highest BCUT2D eigenvalue weighted by Crippen LogP contribution is 2.16. The molecule has 0 aliphatic carbocycles. The minimum atomic E-state index is -0.784. The molecule has 1 rings (SSSR count). The van der Waals surface area contributed by atoms with Crippen LogP contribution in [0.5, 0.6) is 0 Å². The van der Waals surface area contributed by atoms with Crippen molar-refractivity contribution in [2.45, 2.75) is 20.8 Å². The molecule has 0 heterocycles. The van der Waals surface area contributed by atoms with E-state index in [9.17, 15) is 13.6 Å². The SMILES string of the molecule is CCN(CC(=O)Nc1ccc(F)cc1F)CC(C)(C)CN. The van der Waals surface area contributed by atoms with Gasteiger partial charge in [-0.1, -0.05) is 20.8 Å². The highest BCUT2D eigenvalue weighted by molar-refractivity contribution is 5.92. The van der Waals surface area contributed by atoms with Crippen LogP contribution >= 0.6 is 0 Å². The molecule has 6 heteroatoms. The monoisotopic (exact) mass is 299 g/mol. The molecular weight excluding hydrogens is 276 g/mol. The third-order valence-corrected chi connectivity index (χ3v) is 3.22. The number of amides is 1. The van der Waals surface area contributed by atoms with Crippen LogP contribution in [-0.4, -0.2) is 37.0 Å². The highest BCUT2D eigenvalue weighted by atomic mass is 19.1. The third-order valence-electron chi connectivity index (χ3n) is 3.22. The van der Waals surface area contributed by atoms with Crippen LogP contribution in [0.4, 0.5) is 14.5 Å². The second kappa shape index (κ2) is 7.47. The molecule has 0 spiro atoms. The lowest BCUT2D eigenvalue weighted by Gasteiger charge is -2.30. The molecule has 21 heavy (non-hydrogen) atoms.